The van der Waals surface area contributed by atoms with E-state index in [1.807, 2.05) is 43.3 Å². The Hall–Kier alpha value is -2.62. The van der Waals surface area contributed by atoms with Gasteiger partial charge < -0.3 is 19.7 Å². The van der Waals surface area contributed by atoms with Crippen LogP contribution in [0.25, 0.3) is 0 Å². The van der Waals surface area contributed by atoms with Gasteiger partial charge in [0.25, 0.3) is 5.91 Å². The van der Waals surface area contributed by atoms with E-state index in [1.165, 1.54) is 32.4 Å². The molecule has 1 amide bonds. The summed E-state index contributed by atoms with van der Waals surface area (Å²) in [6.45, 7) is 0.332. The van der Waals surface area contributed by atoms with Gasteiger partial charge in [0.2, 0.25) is 10.0 Å². The SMILES string of the molecule is CNS(=O)(=O)c1cc(C(=O)NCC(c2cccc(OC)c2)N(C)C)ccc1OC. The standard InChI is InChI=1S/C20H27N3O5S/c1-21-29(25,26)19-12-15(9-10-18(19)28-5)20(24)22-13-17(23(2)3)14-7-6-8-16(11-14)27-4/h6-12,17,21H,13H2,1-5H3,(H,22,24). The van der Waals surface area contributed by atoms with E-state index in [0.717, 1.165) is 11.3 Å². The third kappa shape index (κ3) is 5.47. The number of rotatable bonds is 9. The first-order valence-corrected chi connectivity index (χ1v) is 10.4. The van der Waals surface area contributed by atoms with E-state index >= 15 is 0 Å². The van der Waals surface area contributed by atoms with Crippen molar-refractivity contribution in [2.45, 2.75) is 10.9 Å². The van der Waals surface area contributed by atoms with Gasteiger partial charge in [0, 0.05) is 12.1 Å². The van der Waals surface area contributed by atoms with Crippen molar-refractivity contribution < 1.29 is 22.7 Å². The van der Waals surface area contributed by atoms with Crippen LogP contribution in [0.2, 0.25) is 0 Å². The smallest absolute Gasteiger partial charge is 0.251 e. The number of sulfonamides is 1. The van der Waals surface area contributed by atoms with E-state index in [-0.39, 0.29) is 28.2 Å². The zero-order chi connectivity index (χ0) is 21.6. The van der Waals surface area contributed by atoms with Crippen molar-refractivity contribution in [3.63, 3.8) is 0 Å². The number of methoxy groups -OCH3 is 2. The molecule has 1 unspecified atom stereocenters. The van der Waals surface area contributed by atoms with Gasteiger partial charge in [-0.2, -0.15) is 0 Å². The number of amides is 1. The van der Waals surface area contributed by atoms with Crippen molar-refractivity contribution in [1.82, 2.24) is 14.9 Å². The summed E-state index contributed by atoms with van der Waals surface area (Å²) in [6.07, 6.45) is 0. The van der Waals surface area contributed by atoms with Gasteiger partial charge in [-0.25, -0.2) is 13.1 Å². The van der Waals surface area contributed by atoms with Gasteiger partial charge in [-0.1, -0.05) is 12.1 Å². The summed E-state index contributed by atoms with van der Waals surface area (Å²) in [6, 6.07) is 11.8. The van der Waals surface area contributed by atoms with Gasteiger partial charge in [0.05, 0.1) is 20.3 Å². The first kappa shape index (κ1) is 22.7. The minimum absolute atomic E-state index is 0.0900. The second kappa shape index (κ2) is 9.73. The zero-order valence-electron chi connectivity index (χ0n) is 17.2. The van der Waals surface area contributed by atoms with Crippen LogP contribution in [0.4, 0.5) is 0 Å². The van der Waals surface area contributed by atoms with Crippen molar-refractivity contribution in [2.24, 2.45) is 0 Å². The number of nitrogens with one attached hydrogen (secondary N) is 2. The van der Waals surface area contributed by atoms with Crippen molar-refractivity contribution in [1.29, 1.82) is 0 Å². The number of carbonyl (C=O) groups is 1. The fourth-order valence-electron chi connectivity index (χ4n) is 2.88. The molecule has 0 aliphatic rings. The molecule has 2 rings (SSSR count). The van der Waals surface area contributed by atoms with Gasteiger partial charge in [-0.05, 0) is 57.0 Å². The maximum absolute atomic E-state index is 12.7. The number of benzene rings is 2. The Morgan fingerprint density at radius 2 is 1.83 bits per heavy atom. The maximum atomic E-state index is 12.7. The van der Waals surface area contributed by atoms with Gasteiger partial charge in [0.15, 0.2) is 0 Å². The highest BCUT2D eigenvalue weighted by atomic mass is 32.2. The van der Waals surface area contributed by atoms with Crippen LogP contribution in [0.5, 0.6) is 11.5 Å². The number of nitrogens with zero attached hydrogens (tertiary/aromatic N) is 1. The molecule has 0 saturated heterocycles. The van der Waals surface area contributed by atoms with Gasteiger partial charge in [-0.3, -0.25) is 4.79 Å². The fraction of sp³-hybridized carbons (Fsp3) is 0.350. The minimum Gasteiger partial charge on any atom is -0.497 e. The van der Waals surface area contributed by atoms with Gasteiger partial charge >= 0.3 is 0 Å². The molecular weight excluding hydrogens is 394 g/mol. The Kier molecular flexibility index (Phi) is 7.60. The summed E-state index contributed by atoms with van der Waals surface area (Å²) in [4.78, 5) is 14.6. The van der Waals surface area contributed by atoms with Crippen molar-refractivity contribution in [3.8, 4) is 11.5 Å². The Bertz CT molecular complexity index is 960. The summed E-state index contributed by atoms with van der Waals surface area (Å²) < 4.78 is 37.1. The van der Waals surface area contributed by atoms with Crippen molar-refractivity contribution in [2.75, 3.05) is 41.9 Å². The monoisotopic (exact) mass is 421 g/mol. The highest BCUT2D eigenvalue weighted by molar-refractivity contribution is 7.89. The third-order valence-electron chi connectivity index (χ3n) is 4.54. The normalized spacial score (nSPS) is 12.5. The average molecular weight is 422 g/mol. The molecule has 0 fully saturated rings. The van der Waals surface area contributed by atoms with Crippen LogP contribution in [0, 0.1) is 0 Å². The second-order valence-electron chi connectivity index (χ2n) is 6.54. The summed E-state index contributed by atoms with van der Waals surface area (Å²) >= 11 is 0. The predicted octanol–water partition coefficient (Wildman–Crippen LogP) is 1.64. The van der Waals surface area contributed by atoms with E-state index in [2.05, 4.69) is 10.0 Å². The average Bonchev–Trinajstić information content (AvgIpc) is 2.73. The Labute approximate surface area is 171 Å². The van der Waals surface area contributed by atoms with Crippen LogP contribution in [0.3, 0.4) is 0 Å². The number of ether oxygens (including phenoxy) is 2. The van der Waals surface area contributed by atoms with Gasteiger partial charge in [0.1, 0.15) is 16.4 Å². The number of hydrogen-bond donors (Lipinski definition) is 2. The van der Waals surface area contributed by atoms with Crippen LogP contribution in [0.1, 0.15) is 22.0 Å². The van der Waals surface area contributed by atoms with Crippen LogP contribution in [0.15, 0.2) is 47.4 Å². The number of carbonyl (C=O) groups excluding carboxylic acids is 1. The maximum Gasteiger partial charge on any atom is 0.251 e. The summed E-state index contributed by atoms with van der Waals surface area (Å²) in [5.74, 6) is 0.520. The molecule has 2 N–H and O–H groups in total. The lowest BCUT2D eigenvalue weighted by molar-refractivity contribution is 0.0941. The molecule has 0 aliphatic carbocycles. The lowest BCUT2D eigenvalue weighted by Gasteiger charge is -2.25. The quantitative estimate of drug-likeness (QED) is 0.639. The molecule has 0 radical (unpaired) electrons. The van der Waals surface area contributed by atoms with E-state index in [1.54, 1.807) is 7.11 Å². The van der Waals surface area contributed by atoms with E-state index in [4.69, 9.17) is 9.47 Å². The second-order valence-corrected chi connectivity index (χ2v) is 8.39. The predicted molar refractivity (Wildman–Crippen MR) is 111 cm³/mol. The highest BCUT2D eigenvalue weighted by Crippen LogP contribution is 2.25. The fourth-order valence-corrected chi connectivity index (χ4v) is 3.79. The molecule has 0 spiro atoms. The highest BCUT2D eigenvalue weighted by Gasteiger charge is 2.21. The van der Waals surface area contributed by atoms with Crippen LogP contribution in [-0.2, 0) is 10.0 Å². The molecule has 9 heteroatoms. The molecule has 29 heavy (non-hydrogen) atoms. The molecule has 0 aromatic heterocycles. The number of hydrogen-bond acceptors (Lipinski definition) is 6. The first-order chi connectivity index (χ1) is 13.7. The molecule has 2 aromatic rings. The molecular formula is C20H27N3O5S. The summed E-state index contributed by atoms with van der Waals surface area (Å²) in [7, 11) is 4.35. The number of likely N-dealkylation sites (N-methyl/N-ethyl adjacent to an activating group) is 1. The molecule has 8 nitrogen and oxygen atoms in total. The lowest BCUT2D eigenvalue weighted by Crippen LogP contribution is -2.34. The minimum atomic E-state index is -3.77. The molecule has 0 saturated carbocycles. The summed E-state index contributed by atoms with van der Waals surface area (Å²) in [5, 5.41) is 2.87. The molecule has 0 heterocycles. The molecule has 158 valence electrons. The Morgan fingerprint density at radius 3 is 2.41 bits per heavy atom. The van der Waals surface area contributed by atoms with Crippen LogP contribution in [-0.4, -0.2) is 61.1 Å². The van der Waals surface area contributed by atoms with E-state index in [0.29, 0.717) is 6.54 Å². The first-order valence-electron chi connectivity index (χ1n) is 8.93. The molecule has 1 atom stereocenters. The third-order valence-corrected chi connectivity index (χ3v) is 5.98. The van der Waals surface area contributed by atoms with E-state index in [9.17, 15) is 13.2 Å². The van der Waals surface area contributed by atoms with Crippen molar-refractivity contribution in [3.05, 3.63) is 53.6 Å². The zero-order valence-corrected chi connectivity index (χ0v) is 18.0. The van der Waals surface area contributed by atoms with Crippen LogP contribution >= 0.6 is 0 Å². The Morgan fingerprint density at radius 1 is 1.10 bits per heavy atom. The molecule has 0 bridgehead atoms. The van der Waals surface area contributed by atoms with E-state index < -0.39 is 10.0 Å². The summed E-state index contributed by atoms with van der Waals surface area (Å²) in [5.41, 5.74) is 1.21. The topological polar surface area (TPSA) is 97.0 Å². The van der Waals surface area contributed by atoms with Crippen molar-refractivity contribution >= 4 is 15.9 Å². The van der Waals surface area contributed by atoms with Gasteiger partial charge in [-0.15, -0.1) is 0 Å². The van der Waals surface area contributed by atoms with Crippen LogP contribution < -0.4 is 19.5 Å². The largest absolute Gasteiger partial charge is 0.497 e. The molecule has 0 aliphatic heterocycles. The molecule has 2 aromatic carbocycles. The Balaban J connectivity index is 2.23. The lowest BCUT2D eigenvalue weighted by atomic mass is 10.1.